The van der Waals surface area contributed by atoms with Crippen LogP contribution in [-0.2, 0) is 22.6 Å². The van der Waals surface area contributed by atoms with Gasteiger partial charge in [-0.2, -0.15) is 0 Å². The molecular formula is C23H28N2O7. The smallest absolute Gasteiger partial charge is 0.414 e. The molecule has 2 aromatic carbocycles. The number of carboxylic acids is 2. The summed E-state index contributed by atoms with van der Waals surface area (Å²) < 4.78 is 16.2. The number of H-pyrrole nitrogens is 1. The van der Waals surface area contributed by atoms with Gasteiger partial charge in [-0.3, -0.25) is 0 Å². The van der Waals surface area contributed by atoms with Gasteiger partial charge in [0.1, 0.15) is 5.75 Å². The van der Waals surface area contributed by atoms with Gasteiger partial charge in [0.15, 0.2) is 11.5 Å². The van der Waals surface area contributed by atoms with E-state index in [4.69, 9.17) is 34.0 Å². The lowest BCUT2D eigenvalue weighted by Gasteiger charge is -2.13. The van der Waals surface area contributed by atoms with Crippen molar-refractivity contribution < 1.29 is 34.0 Å². The van der Waals surface area contributed by atoms with Crippen molar-refractivity contribution in [1.82, 2.24) is 10.3 Å². The minimum absolute atomic E-state index is 0.727. The highest BCUT2D eigenvalue weighted by atomic mass is 16.5. The van der Waals surface area contributed by atoms with Crippen molar-refractivity contribution in [3.63, 3.8) is 0 Å². The molecule has 172 valence electrons. The normalized spacial score (nSPS) is 10.2. The quantitative estimate of drug-likeness (QED) is 0.308. The number of methoxy groups -OCH3 is 3. The number of rotatable bonds is 8. The van der Waals surface area contributed by atoms with E-state index in [0.717, 1.165) is 47.8 Å². The lowest BCUT2D eigenvalue weighted by Crippen LogP contribution is -2.17. The number of aromatic amines is 1. The fraction of sp³-hybridized carbons (Fsp3) is 0.304. The summed E-state index contributed by atoms with van der Waals surface area (Å²) >= 11 is 0. The summed E-state index contributed by atoms with van der Waals surface area (Å²) in [4.78, 5) is 21.6. The zero-order valence-corrected chi connectivity index (χ0v) is 18.5. The van der Waals surface area contributed by atoms with Gasteiger partial charge in [0, 0.05) is 28.7 Å². The van der Waals surface area contributed by atoms with Crippen LogP contribution in [-0.4, -0.2) is 55.0 Å². The van der Waals surface area contributed by atoms with Crippen molar-refractivity contribution in [2.24, 2.45) is 0 Å². The molecule has 3 aromatic rings. The fourth-order valence-electron chi connectivity index (χ4n) is 3.34. The first-order valence-corrected chi connectivity index (χ1v) is 9.84. The molecule has 0 fully saturated rings. The number of para-hydroxylation sites is 1. The number of ether oxygens (including phenoxy) is 3. The third kappa shape index (κ3) is 6.14. The van der Waals surface area contributed by atoms with Gasteiger partial charge >= 0.3 is 11.9 Å². The maximum atomic E-state index is 9.10. The highest BCUT2D eigenvalue weighted by Crippen LogP contribution is 2.30. The van der Waals surface area contributed by atoms with Crippen LogP contribution in [0.2, 0.25) is 0 Å². The number of hydrogen-bond acceptors (Lipinski definition) is 6. The second-order valence-electron chi connectivity index (χ2n) is 6.83. The topological polar surface area (TPSA) is 130 Å². The number of aromatic nitrogens is 1. The number of nitrogens with one attached hydrogen (secondary N) is 2. The molecule has 3 rings (SSSR count). The summed E-state index contributed by atoms with van der Waals surface area (Å²) in [6, 6.07) is 12.1. The number of aliphatic carboxylic acids is 2. The number of carbonyl (C=O) groups is 2. The number of benzene rings is 2. The molecular weight excluding hydrogens is 416 g/mol. The summed E-state index contributed by atoms with van der Waals surface area (Å²) in [5.41, 5.74) is 4.76. The van der Waals surface area contributed by atoms with Crippen molar-refractivity contribution in [2.45, 2.75) is 19.9 Å². The first kappa shape index (κ1) is 24.5. The van der Waals surface area contributed by atoms with Gasteiger partial charge in [0.25, 0.3) is 0 Å². The van der Waals surface area contributed by atoms with Crippen LogP contribution in [0, 0.1) is 6.92 Å². The Hall–Kier alpha value is -3.72. The van der Waals surface area contributed by atoms with E-state index >= 15 is 0 Å². The molecule has 0 atom stereocenters. The summed E-state index contributed by atoms with van der Waals surface area (Å²) in [5.74, 6) is -1.22. The van der Waals surface area contributed by atoms with E-state index in [2.05, 4.69) is 35.4 Å². The van der Waals surface area contributed by atoms with E-state index in [9.17, 15) is 0 Å². The van der Waals surface area contributed by atoms with Gasteiger partial charge in [-0.25, -0.2) is 9.59 Å². The van der Waals surface area contributed by atoms with Gasteiger partial charge in [0.05, 0.1) is 21.3 Å². The largest absolute Gasteiger partial charge is 0.497 e. The predicted molar refractivity (Wildman–Crippen MR) is 120 cm³/mol. The van der Waals surface area contributed by atoms with E-state index < -0.39 is 11.9 Å². The SMILES string of the molecule is COc1ccc2[nH]c(C)c(CCNCc3cccc(OC)c3OC)c2c1.O=C(O)C(=O)O. The van der Waals surface area contributed by atoms with Crippen LogP contribution in [0.3, 0.4) is 0 Å². The molecule has 9 heteroatoms. The van der Waals surface area contributed by atoms with E-state index in [0.29, 0.717) is 0 Å². The summed E-state index contributed by atoms with van der Waals surface area (Å²) in [6.45, 7) is 3.71. The van der Waals surface area contributed by atoms with Crippen molar-refractivity contribution >= 4 is 22.8 Å². The predicted octanol–water partition coefficient (Wildman–Crippen LogP) is 2.99. The molecule has 0 saturated heterocycles. The Kier molecular flexibility index (Phi) is 8.91. The first-order valence-electron chi connectivity index (χ1n) is 9.84. The van der Waals surface area contributed by atoms with Crippen molar-refractivity contribution in [2.75, 3.05) is 27.9 Å². The second-order valence-corrected chi connectivity index (χ2v) is 6.83. The molecule has 32 heavy (non-hydrogen) atoms. The van der Waals surface area contributed by atoms with Crippen LogP contribution in [0.25, 0.3) is 10.9 Å². The van der Waals surface area contributed by atoms with Crippen LogP contribution in [0.1, 0.15) is 16.8 Å². The molecule has 1 heterocycles. The van der Waals surface area contributed by atoms with Crippen molar-refractivity contribution in [1.29, 1.82) is 0 Å². The molecule has 0 unspecified atom stereocenters. The molecule has 1 aromatic heterocycles. The molecule has 0 radical (unpaired) electrons. The average Bonchev–Trinajstić information content (AvgIpc) is 3.10. The Morgan fingerprint density at radius 3 is 2.31 bits per heavy atom. The zero-order chi connectivity index (χ0) is 23.7. The third-order valence-corrected chi connectivity index (χ3v) is 4.86. The van der Waals surface area contributed by atoms with Crippen LogP contribution >= 0.6 is 0 Å². The fourth-order valence-corrected chi connectivity index (χ4v) is 3.34. The summed E-state index contributed by atoms with van der Waals surface area (Å²) in [6.07, 6.45) is 0.936. The van der Waals surface area contributed by atoms with Crippen LogP contribution < -0.4 is 19.5 Å². The molecule has 0 aliphatic heterocycles. The molecule has 0 bridgehead atoms. The van der Waals surface area contributed by atoms with Gasteiger partial charge in [-0.05, 0) is 49.7 Å². The van der Waals surface area contributed by atoms with E-state index in [-0.39, 0.29) is 0 Å². The highest BCUT2D eigenvalue weighted by molar-refractivity contribution is 6.27. The Bertz CT molecular complexity index is 1060. The molecule has 9 nitrogen and oxygen atoms in total. The standard InChI is InChI=1S/C21H26N2O3.C2H2O4/c1-14-17(18-12-16(24-2)8-9-19(18)23-14)10-11-22-13-15-6-5-7-20(25-3)21(15)26-4;3-1(4)2(5)6/h5-9,12,22-23H,10-11,13H2,1-4H3;(H,3,4)(H,5,6). The maximum Gasteiger partial charge on any atom is 0.414 e. The van der Waals surface area contributed by atoms with E-state index in [1.807, 2.05) is 18.2 Å². The summed E-state index contributed by atoms with van der Waals surface area (Å²) in [7, 11) is 5.02. The zero-order valence-electron chi connectivity index (χ0n) is 18.5. The first-order chi connectivity index (χ1) is 15.3. The lowest BCUT2D eigenvalue weighted by atomic mass is 10.1. The molecule has 0 amide bonds. The molecule has 0 spiro atoms. The monoisotopic (exact) mass is 444 g/mol. The van der Waals surface area contributed by atoms with Gasteiger partial charge in [0.2, 0.25) is 0 Å². The number of fused-ring (bicyclic) bond motifs is 1. The molecule has 0 aliphatic rings. The Morgan fingerprint density at radius 1 is 1.00 bits per heavy atom. The van der Waals surface area contributed by atoms with Crippen LogP contribution in [0.4, 0.5) is 0 Å². The Morgan fingerprint density at radius 2 is 1.72 bits per heavy atom. The minimum Gasteiger partial charge on any atom is -0.497 e. The van der Waals surface area contributed by atoms with E-state index in [1.165, 1.54) is 16.6 Å². The van der Waals surface area contributed by atoms with Crippen molar-refractivity contribution in [3.8, 4) is 17.2 Å². The average molecular weight is 444 g/mol. The van der Waals surface area contributed by atoms with Gasteiger partial charge in [-0.15, -0.1) is 0 Å². The Labute approximate surface area is 185 Å². The Balaban J connectivity index is 0.000000534. The maximum absolute atomic E-state index is 9.10. The lowest BCUT2D eigenvalue weighted by molar-refractivity contribution is -0.159. The molecule has 0 saturated carbocycles. The number of carboxylic acid groups (broad SMARTS) is 2. The highest BCUT2D eigenvalue weighted by Gasteiger charge is 2.11. The summed E-state index contributed by atoms with van der Waals surface area (Å²) in [5, 5.41) is 19.5. The second kappa shape index (κ2) is 11.6. The third-order valence-electron chi connectivity index (χ3n) is 4.86. The van der Waals surface area contributed by atoms with Gasteiger partial charge < -0.3 is 34.7 Å². The van der Waals surface area contributed by atoms with E-state index in [1.54, 1.807) is 21.3 Å². The number of aryl methyl sites for hydroxylation is 1. The number of hydrogen-bond donors (Lipinski definition) is 4. The van der Waals surface area contributed by atoms with Crippen molar-refractivity contribution in [3.05, 3.63) is 53.2 Å². The molecule has 4 N–H and O–H groups in total. The van der Waals surface area contributed by atoms with Gasteiger partial charge in [-0.1, -0.05) is 12.1 Å². The molecule has 0 aliphatic carbocycles. The van der Waals surface area contributed by atoms with Crippen LogP contribution in [0.15, 0.2) is 36.4 Å². The van der Waals surface area contributed by atoms with Crippen LogP contribution in [0.5, 0.6) is 17.2 Å². The minimum atomic E-state index is -1.82.